The van der Waals surface area contributed by atoms with Crippen molar-refractivity contribution in [2.75, 3.05) is 0 Å². The van der Waals surface area contributed by atoms with Crippen LogP contribution in [0.3, 0.4) is 0 Å². The third-order valence-electron chi connectivity index (χ3n) is 3.24. The SMILES string of the molecule is C[C@H](Cc1ccoc1)NC(=O)c1cc(C2CC2)on1. The molecule has 19 heavy (non-hydrogen) atoms. The van der Waals surface area contributed by atoms with Gasteiger partial charge in [-0.3, -0.25) is 4.79 Å². The van der Waals surface area contributed by atoms with Crippen molar-refractivity contribution in [1.29, 1.82) is 0 Å². The molecule has 3 rings (SSSR count). The number of nitrogens with zero attached hydrogens (tertiary/aromatic N) is 1. The molecule has 2 aromatic rings. The molecule has 1 saturated carbocycles. The van der Waals surface area contributed by atoms with Gasteiger partial charge in [0.15, 0.2) is 5.69 Å². The third kappa shape index (κ3) is 2.86. The van der Waals surface area contributed by atoms with Crippen LogP contribution >= 0.6 is 0 Å². The van der Waals surface area contributed by atoms with E-state index < -0.39 is 0 Å². The maximum Gasteiger partial charge on any atom is 0.273 e. The average Bonchev–Trinajstić information content (AvgIpc) is 2.91. The molecule has 100 valence electrons. The van der Waals surface area contributed by atoms with Gasteiger partial charge in [0, 0.05) is 18.0 Å². The van der Waals surface area contributed by atoms with Gasteiger partial charge >= 0.3 is 0 Å². The van der Waals surface area contributed by atoms with Gasteiger partial charge in [0.05, 0.1) is 12.5 Å². The Morgan fingerprint density at radius 3 is 3.11 bits per heavy atom. The maximum atomic E-state index is 12.0. The molecule has 1 N–H and O–H groups in total. The smallest absolute Gasteiger partial charge is 0.273 e. The molecule has 0 aromatic carbocycles. The van der Waals surface area contributed by atoms with Crippen molar-refractivity contribution in [3.05, 3.63) is 41.7 Å². The normalized spacial score (nSPS) is 16.3. The van der Waals surface area contributed by atoms with Crippen molar-refractivity contribution in [3.8, 4) is 0 Å². The summed E-state index contributed by atoms with van der Waals surface area (Å²) in [6.45, 7) is 1.95. The maximum absolute atomic E-state index is 12.0. The van der Waals surface area contributed by atoms with Gasteiger partial charge in [-0.2, -0.15) is 0 Å². The number of hydrogen-bond acceptors (Lipinski definition) is 4. The molecule has 1 fully saturated rings. The number of hydrogen-bond donors (Lipinski definition) is 1. The number of nitrogens with one attached hydrogen (secondary N) is 1. The van der Waals surface area contributed by atoms with E-state index in [2.05, 4.69) is 10.5 Å². The van der Waals surface area contributed by atoms with Crippen LogP contribution in [-0.4, -0.2) is 17.1 Å². The highest BCUT2D eigenvalue weighted by Gasteiger charge is 2.29. The van der Waals surface area contributed by atoms with E-state index in [1.807, 2.05) is 13.0 Å². The number of furan rings is 1. The topological polar surface area (TPSA) is 68.3 Å². The quantitative estimate of drug-likeness (QED) is 0.896. The number of carbonyl (C=O) groups excluding carboxylic acids is 1. The van der Waals surface area contributed by atoms with Crippen LogP contribution in [0.1, 0.15) is 47.5 Å². The average molecular weight is 260 g/mol. The standard InChI is InChI=1S/C14H16N2O3/c1-9(6-10-4-5-18-8-10)15-14(17)12-7-13(19-16-12)11-2-3-11/h4-5,7-9,11H,2-3,6H2,1H3,(H,15,17)/t9-/m1/s1. The minimum atomic E-state index is -0.188. The number of aromatic nitrogens is 1. The summed E-state index contributed by atoms with van der Waals surface area (Å²) >= 11 is 0. The molecule has 0 saturated heterocycles. The summed E-state index contributed by atoms with van der Waals surface area (Å²) in [5.74, 6) is 1.11. The van der Waals surface area contributed by atoms with Gasteiger partial charge in [0.1, 0.15) is 5.76 Å². The Bertz CT molecular complexity index is 555. The number of carbonyl (C=O) groups is 1. The molecule has 5 heteroatoms. The van der Waals surface area contributed by atoms with Crippen molar-refractivity contribution in [2.24, 2.45) is 0 Å². The molecule has 1 aliphatic rings. The zero-order valence-corrected chi connectivity index (χ0v) is 10.8. The molecule has 0 spiro atoms. The van der Waals surface area contributed by atoms with E-state index in [-0.39, 0.29) is 11.9 Å². The predicted molar refractivity (Wildman–Crippen MR) is 67.8 cm³/mol. The zero-order valence-electron chi connectivity index (χ0n) is 10.8. The molecule has 2 aromatic heterocycles. The largest absolute Gasteiger partial charge is 0.472 e. The second-order valence-corrected chi connectivity index (χ2v) is 5.10. The van der Waals surface area contributed by atoms with Crippen LogP contribution in [-0.2, 0) is 6.42 Å². The van der Waals surface area contributed by atoms with E-state index in [0.29, 0.717) is 11.6 Å². The Balaban J connectivity index is 1.57. The van der Waals surface area contributed by atoms with E-state index in [1.165, 1.54) is 0 Å². The second kappa shape index (κ2) is 4.91. The van der Waals surface area contributed by atoms with Crippen molar-refractivity contribution < 1.29 is 13.7 Å². The lowest BCUT2D eigenvalue weighted by molar-refractivity contribution is 0.0931. The Morgan fingerprint density at radius 1 is 1.58 bits per heavy atom. The van der Waals surface area contributed by atoms with Crippen LogP contribution in [0.15, 0.2) is 33.6 Å². The third-order valence-corrected chi connectivity index (χ3v) is 3.24. The molecule has 2 heterocycles. The first-order valence-electron chi connectivity index (χ1n) is 6.51. The van der Waals surface area contributed by atoms with Crippen LogP contribution in [0.25, 0.3) is 0 Å². The summed E-state index contributed by atoms with van der Waals surface area (Å²) in [4.78, 5) is 12.0. The fraction of sp³-hybridized carbons (Fsp3) is 0.429. The predicted octanol–water partition coefficient (Wildman–Crippen LogP) is 2.51. The highest BCUT2D eigenvalue weighted by atomic mass is 16.5. The molecule has 1 aliphatic carbocycles. The summed E-state index contributed by atoms with van der Waals surface area (Å²) in [7, 11) is 0. The first kappa shape index (κ1) is 12.0. The lowest BCUT2D eigenvalue weighted by atomic mass is 10.1. The minimum absolute atomic E-state index is 0.0196. The summed E-state index contributed by atoms with van der Waals surface area (Å²) in [6, 6.07) is 3.66. The van der Waals surface area contributed by atoms with E-state index in [9.17, 15) is 4.79 Å². The minimum Gasteiger partial charge on any atom is -0.472 e. The van der Waals surface area contributed by atoms with Gasteiger partial charge in [-0.25, -0.2) is 0 Å². The van der Waals surface area contributed by atoms with Crippen molar-refractivity contribution in [2.45, 2.75) is 38.1 Å². The Labute approximate surface area is 111 Å². The monoisotopic (exact) mass is 260 g/mol. The first-order valence-corrected chi connectivity index (χ1v) is 6.51. The molecule has 0 radical (unpaired) electrons. The van der Waals surface area contributed by atoms with Gasteiger partial charge in [-0.05, 0) is 37.8 Å². The van der Waals surface area contributed by atoms with Gasteiger partial charge in [-0.1, -0.05) is 5.16 Å². The van der Waals surface area contributed by atoms with E-state index in [4.69, 9.17) is 8.94 Å². The Hall–Kier alpha value is -2.04. The van der Waals surface area contributed by atoms with Crippen molar-refractivity contribution >= 4 is 5.91 Å². The lowest BCUT2D eigenvalue weighted by Crippen LogP contribution is -2.34. The van der Waals surface area contributed by atoms with Crippen LogP contribution in [0.5, 0.6) is 0 Å². The van der Waals surface area contributed by atoms with Gasteiger partial charge in [0.25, 0.3) is 5.91 Å². The zero-order chi connectivity index (χ0) is 13.2. The van der Waals surface area contributed by atoms with E-state index in [0.717, 1.165) is 30.6 Å². The van der Waals surface area contributed by atoms with Crippen molar-refractivity contribution in [1.82, 2.24) is 10.5 Å². The molecule has 0 aliphatic heterocycles. The highest BCUT2D eigenvalue weighted by molar-refractivity contribution is 5.92. The van der Waals surface area contributed by atoms with Crippen LogP contribution in [0.2, 0.25) is 0 Å². The van der Waals surface area contributed by atoms with Gasteiger partial charge < -0.3 is 14.3 Å². The highest BCUT2D eigenvalue weighted by Crippen LogP contribution is 2.40. The molecule has 1 atom stereocenters. The first-order chi connectivity index (χ1) is 9.22. The van der Waals surface area contributed by atoms with Crippen molar-refractivity contribution in [3.63, 3.8) is 0 Å². The number of amides is 1. The van der Waals surface area contributed by atoms with Gasteiger partial charge in [-0.15, -0.1) is 0 Å². The molecule has 5 nitrogen and oxygen atoms in total. The molecule has 1 amide bonds. The van der Waals surface area contributed by atoms with Crippen LogP contribution in [0, 0.1) is 0 Å². The lowest BCUT2D eigenvalue weighted by Gasteiger charge is -2.11. The van der Waals surface area contributed by atoms with Crippen LogP contribution < -0.4 is 5.32 Å². The molecule has 0 unspecified atom stereocenters. The fourth-order valence-electron chi connectivity index (χ4n) is 2.07. The second-order valence-electron chi connectivity index (χ2n) is 5.10. The van der Waals surface area contributed by atoms with E-state index >= 15 is 0 Å². The fourth-order valence-corrected chi connectivity index (χ4v) is 2.07. The Morgan fingerprint density at radius 2 is 2.42 bits per heavy atom. The summed E-state index contributed by atoms with van der Waals surface area (Å²) in [5, 5.41) is 6.73. The molecular weight excluding hydrogens is 244 g/mol. The van der Waals surface area contributed by atoms with Gasteiger partial charge in [0.2, 0.25) is 0 Å². The van der Waals surface area contributed by atoms with Crippen LogP contribution in [0.4, 0.5) is 0 Å². The molecule has 0 bridgehead atoms. The summed E-state index contributed by atoms with van der Waals surface area (Å²) in [5.41, 5.74) is 1.42. The Kier molecular flexibility index (Phi) is 3.11. The number of rotatable bonds is 5. The summed E-state index contributed by atoms with van der Waals surface area (Å²) < 4.78 is 10.2. The summed E-state index contributed by atoms with van der Waals surface area (Å²) in [6.07, 6.45) is 6.31. The molecular formula is C14H16N2O3. The van der Waals surface area contributed by atoms with E-state index in [1.54, 1.807) is 18.6 Å².